The van der Waals surface area contributed by atoms with Crippen LogP contribution in [0.25, 0.3) is 0 Å². The third kappa shape index (κ3) is 3.05. The Morgan fingerprint density at radius 1 is 1.33 bits per heavy atom. The number of nitrogens with one attached hydrogen (secondary N) is 1. The predicted octanol–water partition coefficient (Wildman–Crippen LogP) is 3.45. The molecule has 6 heteroatoms. The molecule has 18 heavy (non-hydrogen) atoms. The lowest BCUT2D eigenvalue weighted by molar-refractivity contribution is 0.102. The first-order chi connectivity index (χ1) is 8.56. The first-order valence-electron chi connectivity index (χ1n) is 5.11. The van der Waals surface area contributed by atoms with Gasteiger partial charge in [0, 0.05) is 6.20 Å². The third-order valence-corrected chi connectivity index (χ3v) is 2.99. The van der Waals surface area contributed by atoms with Gasteiger partial charge in [0.05, 0.1) is 17.4 Å². The quantitative estimate of drug-likeness (QED) is 0.860. The van der Waals surface area contributed by atoms with Crippen molar-refractivity contribution in [3.05, 3.63) is 51.5 Å². The summed E-state index contributed by atoms with van der Waals surface area (Å²) in [6, 6.07) is 5.09. The molecule has 0 aromatic carbocycles. The topological polar surface area (TPSA) is 54.9 Å². The van der Waals surface area contributed by atoms with Gasteiger partial charge in [-0.25, -0.2) is 9.97 Å². The lowest BCUT2D eigenvalue weighted by atomic mass is 10.2. The lowest BCUT2D eigenvalue weighted by Crippen LogP contribution is -2.13. The van der Waals surface area contributed by atoms with E-state index in [0.717, 1.165) is 5.56 Å². The van der Waals surface area contributed by atoms with Crippen LogP contribution in [0.2, 0.25) is 5.15 Å². The molecule has 2 aromatic heterocycles. The average molecular weight is 327 g/mol. The van der Waals surface area contributed by atoms with Crippen LogP contribution in [0, 0.1) is 6.92 Å². The summed E-state index contributed by atoms with van der Waals surface area (Å²) in [5, 5.41) is 3.16. The van der Waals surface area contributed by atoms with E-state index in [1.807, 2.05) is 6.92 Å². The molecule has 0 fully saturated rings. The minimum atomic E-state index is -0.234. The first-order valence-corrected chi connectivity index (χ1v) is 6.28. The normalized spacial score (nSPS) is 10.2. The number of rotatable bonds is 2. The molecule has 0 radical (unpaired) electrons. The number of carbonyl (C=O) groups is 1. The van der Waals surface area contributed by atoms with E-state index in [1.165, 1.54) is 12.4 Å². The predicted molar refractivity (Wildman–Crippen MR) is 73.9 cm³/mol. The molecule has 0 saturated heterocycles. The van der Waals surface area contributed by atoms with Gasteiger partial charge < -0.3 is 5.32 Å². The SMILES string of the molecule is Cc1cc(Cl)ncc1NC(=O)c1ccc(Br)nc1. The largest absolute Gasteiger partial charge is 0.320 e. The molecule has 2 heterocycles. The van der Waals surface area contributed by atoms with Crippen LogP contribution in [0.4, 0.5) is 5.69 Å². The standard InChI is InChI=1S/C12H9BrClN3O/c1-7-4-11(14)16-6-9(7)17-12(18)8-2-3-10(13)15-5-8/h2-6H,1H3,(H,17,18). The number of aryl methyl sites for hydroxylation is 1. The minimum Gasteiger partial charge on any atom is -0.320 e. The first kappa shape index (κ1) is 13.0. The summed E-state index contributed by atoms with van der Waals surface area (Å²) in [6.07, 6.45) is 3.03. The van der Waals surface area contributed by atoms with E-state index in [9.17, 15) is 4.79 Å². The summed E-state index contributed by atoms with van der Waals surface area (Å²) in [5.74, 6) is -0.234. The lowest BCUT2D eigenvalue weighted by Gasteiger charge is -2.07. The Balaban J connectivity index is 2.18. The molecule has 2 aromatic rings. The van der Waals surface area contributed by atoms with Crippen molar-refractivity contribution in [3.63, 3.8) is 0 Å². The van der Waals surface area contributed by atoms with Gasteiger partial charge in [-0.05, 0) is 46.6 Å². The molecular weight excluding hydrogens is 318 g/mol. The molecule has 0 aliphatic heterocycles. The van der Waals surface area contributed by atoms with E-state index in [0.29, 0.717) is 21.0 Å². The molecule has 4 nitrogen and oxygen atoms in total. The Labute approximate surface area is 118 Å². The van der Waals surface area contributed by atoms with Crippen molar-refractivity contribution in [3.8, 4) is 0 Å². The maximum absolute atomic E-state index is 11.9. The van der Waals surface area contributed by atoms with Crippen LogP contribution in [0.3, 0.4) is 0 Å². The highest BCUT2D eigenvalue weighted by molar-refractivity contribution is 9.10. The highest BCUT2D eigenvalue weighted by atomic mass is 79.9. The molecule has 2 rings (SSSR count). The van der Waals surface area contributed by atoms with E-state index in [2.05, 4.69) is 31.2 Å². The summed E-state index contributed by atoms with van der Waals surface area (Å²) in [7, 11) is 0. The third-order valence-electron chi connectivity index (χ3n) is 2.32. The number of pyridine rings is 2. The summed E-state index contributed by atoms with van der Waals surface area (Å²) >= 11 is 8.96. The monoisotopic (exact) mass is 325 g/mol. The summed E-state index contributed by atoms with van der Waals surface area (Å²) in [6.45, 7) is 1.85. The van der Waals surface area contributed by atoms with Crippen molar-refractivity contribution >= 4 is 39.1 Å². The molecule has 0 unspecified atom stereocenters. The number of amides is 1. The van der Waals surface area contributed by atoms with E-state index < -0.39 is 0 Å². The van der Waals surface area contributed by atoms with Crippen molar-refractivity contribution < 1.29 is 4.79 Å². The summed E-state index contributed by atoms with van der Waals surface area (Å²) < 4.78 is 0.684. The van der Waals surface area contributed by atoms with Gasteiger partial charge in [-0.15, -0.1) is 0 Å². The number of carbonyl (C=O) groups excluding carboxylic acids is 1. The zero-order valence-corrected chi connectivity index (χ0v) is 11.8. The van der Waals surface area contributed by atoms with Crippen molar-refractivity contribution in [2.45, 2.75) is 6.92 Å². The second-order valence-electron chi connectivity index (χ2n) is 3.65. The Bertz CT molecular complexity index is 586. The number of nitrogens with zero attached hydrogens (tertiary/aromatic N) is 2. The molecule has 0 spiro atoms. The second kappa shape index (κ2) is 5.46. The Morgan fingerprint density at radius 2 is 2.11 bits per heavy atom. The zero-order chi connectivity index (χ0) is 13.1. The smallest absolute Gasteiger partial charge is 0.257 e. The molecule has 92 valence electrons. The van der Waals surface area contributed by atoms with Gasteiger partial charge in [-0.2, -0.15) is 0 Å². The fourth-order valence-electron chi connectivity index (χ4n) is 1.36. The van der Waals surface area contributed by atoms with E-state index >= 15 is 0 Å². The molecule has 0 aliphatic carbocycles. The van der Waals surface area contributed by atoms with E-state index in [1.54, 1.807) is 18.2 Å². The van der Waals surface area contributed by atoms with Crippen LogP contribution < -0.4 is 5.32 Å². The van der Waals surface area contributed by atoms with Crippen LogP contribution in [-0.2, 0) is 0 Å². The maximum atomic E-state index is 11.9. The fraction of sp³-hybridized carbons (Fsp3) is 0.0833. The fourth-order valence-corrected chi connectivity index (χ4v) is 1.80. The van der Waals surface area contributed by atoms with Crippen molar-refractivity contribution in [2.75, 3.05) is 5.32 Å². The zero-order valence-electron chi connectivity index (χ0n) is 9.45. The van der Waals surface area contributed by atoms with Crippen LogP contribution >= 0.6 is 27.5 Å². The molecular formula is C12H9BrClN3O. The van der Waals surface area contributed by atoms with Gasteiger partial charge >= 0.3 is 0 Å². The molecule has 0 bridgehead atoms. The van der Waals surface area contributed by atoms with Gasteiger partial charge in [-0.3, -0.25) is 4.79 Å². The molecule has 0 saturated carbocycles. The average Bonchev–Trinajstić information content (AvgIpc) is 2.33. The summed E-state index contributed by atoms with van der Waals surface area (Å²) in [4.78, 5) is 19.9. The van der Waals surface area contributed by atoms with Gasteiger partial charge in [0.1, 0.15) is 9.76 Å². The van der Waals surface area contributed by atoms with Crippen molar-refractivity contribution in [1.29, 1.82) is 0 Å². The number of aromatic nitrogens is 2. The molecule has 0 atom stereocenters. The Kier molecular flexibility index (Phi) is 3.93. The molecule has 0 aliphatic rings. The van der Waals surface area contributed by atoms with Crippen LogP contribution in [0.1, 0.15) is 15.9 Å². The van der Waals surface area contributed by atoms with Crippen LogP contribution in [0.5, 0.6) is 0 Å². The number of anilines is 1. The number of hydrogen-bond acceptors (Lipinski definition) is 3. The Hall–Kier alpha value is -1.46. The second-order valence-corrected chi connectivity index (χ2v) is 4.85. The summed E-state index contributed by atoms with van der Waals surface area (Å²) in [5.41, 5.74) is 1.97. The highest BCUT2D eigenvalue weighted by Crippen LogP contribution is 2.17. The number of halogens is 2. The van der Waals surface area contributed by atoms with Crippen molar-refractivity contribution in [1.82, 2.24) is 9.97 Å². The van der Waals surface area contributed by atoms with Gasteiger partial charge in [0.15, 0.2) is 0 Å². The van der Waals surface area contributed by atoms with Crippen LogP contribution in [0.15, 0.2) is 35.2 Å². The van der Waals surface area contributed by atoms with E-state index in [-0.39, 0.29) is 5.91 Å². The number of hydrogen-bond donors (Lipinski definition) is 1. The van der Waals surface area contributed by atoms with Gasteiger partial charge in [-0.1, -0.05) is 11.6 Å². The van der Waals surface area contributed by atoms with Crippen LogP contribution in [-0.4, -0.2) is 15.9 Å². The van der Waals surface area contributed by atoms with E-state index in [4.69, 9.17) is 11.6 Å². The Morgan fingerprint density at radius 3 is 2.72 bits per heavy atom. The van der Waals surface area contributed by atoms with Gasteiger partial charge in [0.2, 0.25) is 0 Å². The van der Waals surface area contributed by atoms with Gasteiger partial charge in [0.25, 0.3) is 5.91 Å². The highest BCUT2D eigenvalue weighted by Gasteiger charge is 2.08. The maximum Gasteiger partial charge on any atom is 0.257 e. The van der Waals surface area contributed by atoms with Crippen molar-refractivity contribution in [2.24, 2.45) is 0 Å². The molecule has 1 N–H and O–H groups in total. The minimum absolute atomic E-state index is 0.234. The molecule has 1 amide bonds.